The highest BCUT2D eigenvalue weighted by atomic mass is 16.5. The molecule has 1 saturated heterocycles. The Hall–Kier alpha value is -3.39. The number of pyridine rings is 2. The van der Waals surface area contributed by atoms with Crippen molar-refractivity contribution in [2.75, 3.05) is 33.4 Å². The van der Waals surface area contributed by atoms with Gasteiger partial charge < -0.3 is 19.4 Å². The van der Waals surface area contributed by atoms with Gasteiger partial charge in [-0.3, -0.25) is 19.5 Å². The molecule has 32 heavy (non-hydrogen) atoms. The Morgan fingerprint density at radius 3 is 2.81 bits per heavy atom. The topological polar surface area (TPSA) is 85.7 Å². The molecule has 0 unspecified atom stereocenters. The van der Waals surface area contributed by atoms with Crippen LogP contribution < -0.4 is 20.3 Å². The maximum Gasteiger partial charge on any atom is 0.250 e. The van der Waals surface area contributed by atoms with Crippen LogP contribution in [0.25, 0.3) is 10.9 Å². The number of methoxy groups -OCH3 is 1. The maximum atomic E-state index is 12.3. The van der Waals surface area contributed by atoms with Gasteiger partial charge in [-0.15, -0.1) is 0 Å². The van der Waals surface area contributed by atoms with E-state index in [0.717, 1.165) is 48.1 Å². The second-order valence-corrected chi connectivity index (χ2v) is 7.87. The van der Waals surface area contributed by atoms with Gasteiger partial charge in [0.1, 0.15) is 18.1 Å². The van der Waals surface area contributed by atoms with E-state index in [1.807, 2.05) is 24.3 Å². The molecule has 3 aromatic rings. The quantitative estimate of drug-likeness (QED) is 0.554. The monoisotopic (exact) mass is 436 g/mol. The first-order valence-electron chi connectivity index (χ1n) is 10.9. The van der Waals surface area contributed by atoms with Crippen molar-refractivity contribution in [3.05, 3.63) is 64.7 Å². The first-order chi connectivity index (χ1) is 15.6. The number of carbonyl (C=O) groups is 1. The smallest absolute Gasteiger partial charge is 0.250 e. The molecular weight excluding hydrogens is 408 g/mol. The zero-order valence-corrected chi connectivity index (χ0v) is 18.3. The lowest BCUT2D eigenvalue weighted by Crippen LogP contribution is -2.35. The molecule has 8 heteroatoms. The third kappa shape index (κ3) is 5.45. The van der Waals surface area contributed by atoms with Crippen LogP contribution in [0.3, 0.4) is 0 Å². The first kappa shape index (κ1) is 21.8. The molecule has 1 aliphatic heterocycles. The average Bonchev–Trinajstić information content (AvgIpc) is 3.32. The van der Waals surface area contributed by atoms with Crippen molar-refractivity contribution >= 4 is 16.8 Å². The number of amides is 1. The molecule has 1 aromatic carbocycles. The number of hydrogen-bond acceptors (Lipinski definition) is 6. The summed E-state index contributed by atoms with van der Waals surface area (Å²) in [6.07, 6.45) is 5.78. The van der Waals surface area contributed by atoms with Crippen LogP contribution in [0.1, 0.15) is 18.4 Å². The van der Waals surface area contributed by atoms with Crippen LogP contribution in [-0.4, -0.2) is 53.7 Å². The van der Waals surface area contributed by atoms with Crippen molar-refractivity contribution in [2.24, 2.45) is 0 Å². The largest absolute Gasteiger partial charge is 0.497 e. The number of nitrogens with zero attached hydrogens (tertiary/aromatic N) is 3. The predicted molar refractivity (Wildman–Crippen MR) is 122 cm³/mol. The molecule has 1 aliphatic rings. The number of fused-ring (bicyclic) bond motifs is 1. The van der Waals surface area contributed by atoms with E-state index in [1.54, 1.807) is 30.1 Å². The number of ether oxygens (including phenoxy) is 2. The van der Waals surface area contributed by atoms with E-state index in [-0.39, 0.29) is 11.5 Å². The molecule has 2 aromatic heterocycles. The van der Waals surface area contributed by atoms with Crippen molar-refractivity contribution in [2.45, 2.75) is 25.9 Å². The summed E-state index contributed by atoms with van der Waals surface area (Å²) in [5, 5.41) is 3.82. The highest BCUT2D eigenvalue weighted by molar-refractivity contribution is 5.85. The van der Waals surface area contributed by atoms with Gasteiger partial charge in [-0.25, -0.2) is 0 Å². The highest BCUT2D eigenvalue weighted by Gasteiger charge is 2.14. The highest BCUT2D eigenvalue weighted by Crippen LogP contribution is 2.27. The summed E-state index contributed by atoms with van der Waals surface area (Å²) in [6, 6.07) is 10.7. The molecule has 0 saturated carbocycles. The van der Waals surface area contributed by atoms with Crippen molar-refractivity contribution in [3.8, 4) is 11.5 Å². The second kappa shape index (κ2) is 10.3. The third-order valence-corrected chi connectivity index (χ3v) is 5.60. The number of aromatic nitrogens is 2. The molecule has 1 N–H and O–H groups in total. The van der Waals surface area contributed by atoms with Gasteiger partial charge in [-0.2, -0.15) is 0 Å². The summed E-state index contributed by atoms with van der Waals surface area (Å²) >= 11 is 0. The van der Waals surface area contributed by atoms with Crippen molar-refractivity contribution < 1.29 is 14.3 Å². The minimum absolute atomic E-state index is 0.00850. The van der Waals surface area contributed by atoms with E-state index in [9.17, 15) is 9.59 Å². The number of nitrogens with one attached hydrogen (secondary N) is 1. The molecule has 1 amide bonds. The predicted octanol–water partition coefficient (Wildman–Crippen LogP) is 2.20. The zero-order chi connectivity index (χ0) is 22.3. The van der Waals surface area contributed by atoms with E-state index in [4.69, 9.17) is 9.47 Å². The number of hydrogen-bond donors (Lipinski definition) is 1. The first-order valence-corrected chi connectivity index (χ1v) is 10.9. The number of benzene rings is 1. The molecule has 1 fully saturated rings. The number of likely N-dealkylation sites (tertiary alicyclic amines) is 1. The van der Waals surface area contributed by atoms with Gasteiger partial charge in [0.25, 0.3) is 5.56 Å². The third-order valence-electron chi connectivity index (χ3n) is 5.60. The van der Waals surface area contributed by atoms with Crippen LogP contribution in [0.2, 0.25) is 0 Å². The van der Waals surface area contributed by atoms with Crippen LogP contribution in [-0.2, 0) is 17.9 Å². The molecule has 0 spiro atoms. The molecule has 8 nitrogen and oxygen atoms in total. The molecule has 0 radical (unpaired) electrons. The van der Waals surface area contributed by atoms with Gasteiger partial charge in [0.15, 0.2) is 0 Å². The summed E-state index contributed by atoms with van der Waals surface area (Å²) in [5.41, 5.74) is 1.55. The maximum absolute atomic E-state index is 12.3. The summed E-state index contributed by atoms with van der Waals surface area (Å²) in [6.45, 7) is 3.52. The van der Waals surface area contributed by atoms with Gasteiger partial charge in [-0.1, -0.05) is 6.07 Å². The normalized spacial score (nSPS) is 13.9. The van der Waals surface area contributed by atoms with Gasteiger partial charge >= 0.3 is 0 Å². The van der Waals surface area contributed by atoms with E-state index in [1.165, 1.54) is 6.07 Å². The molecule has 0 aliphatic carbocycles. The minimum Gasteiger partial charge on any atom is -0.497 e. The van der Waals surface area contributed by atoms with Crippen LogP contribution in [0.15, 0.2) is 53.6 Å². The van der Waals surface area contributed by atoms with Gasteiger partial charge in [0, 0.05) is 36.5 Å². The standard InChI is InChI=1S/C24H28N4O4/c1-31-19-5-6-20-21(14-19)25-9-8-22(20)32-13-12-28-16-18(4-7-24(28)30)15-26-23(29)17-27-10-2-3-11-27/h4-9,14,16H,2-3,10-13,15,17H2,1H3,(H,26,29). The molecule has 3 heterocycles. The van der Waals surface area contributed by atoms with Crippen molar-refractivity contribution in [1.82, 2.24) is 19.8 Å². The lowest BCUT2D eigenvalue weighted by molar-refractivity contribution is -0.122. The van der Waals surface area contributed by atoms with Crippen LogP contribution in [0.5, 0.6) is 11.5 Å². The fourth-order valence-electron chi connectivity index (χ4n) is 3.87. The van der Waals surface area contributed by atoms with E-state index < -0.39 is 0 Å². The van der Waals surface area contributed by atoms with E-state index in [2.05, 4.69) is 15.2 Å². The molecular formula is C24H28N4O4. The summed E-state index contributed by atoms with van der Waals surface area (Å²) in [7, 11) is 1.62. The van der Waals surface area contributed by atoms with Crippen LogP contribution >= 0.6 is 0 Å². The fraction of sp³-hybridized carbons (Fsp3) is 0.375. The average molecular weight is 437 g/mol. The second-order valence-electron chi connectivity index (χ2n) is 7.87. The Morgan fingerprint density at radius 1 is 1.16 bits per heavy atom. The summed E-state index contributed by atoms with van der Waals surface area (Å²) in [4.78, 5) is 30.9. The number of carbonyl (C=O) groups excluding carboxylic acids is 1. The Balaban J connectivity index is 1.34. The Morgan fingerprint density at radius 2 is 2.00 bits per heavy atom. The Bertz CT molecular complexity index is 1140. The zero-order valence-electron chi connectivity index (χ0n) is 18.3. The minimum atomic E-state index is -0.106. The Kier molecular flexibility index (Phi) is 7.01. The SMILES string of the molecule is COc1ccc2c(OCCn3cc(CNC(=O)CN4CCCC4)ccc3=O)ccnc2c1. The molecule has 0 bridgehead atoms. The molecule has 4 rings (SSSR count). The van der Waals surface area contributed by atoms with Crippen LogP contribution in [0.4, 0.5) is 0 Å². The molecule has 0 atom stereocenters. The molecule has 168 valence electrons. The van der Waals surface area contributed by atoms with Crippen molar-refractivity contribution in [3.63, 3.8) is 0 Å². The van der Waals surface area contributed by atoms with E-state index in [0.29, 0.717) is 32.0 Å². The van der Waals surface area contributed by atoms with E-state index >= 15 is 0 Å². The Labute approximate surface area is 186 Å². The van der Waals surface area contributed by atoms with Gasteiger partial charge in [0.05, 0.1) is 25.7 Å². The van der Waals surface area contributed by atoms with Gasteiger partial charge in [-0.05, 0) is 49.7 Å². The van der Waals surface area contributed by atoms with Crippen LogP contribution in [0, 0.1) is 0 Å². The summed E-state index contributed by atoms with van der Waals surface area (Å²) in [5.74, 6) is 1.45. The summed E-state index contributed by atoms with van der Waals surface area (Å²) < 4.78 is 12.8. The van der Waals surface area contributed by atoms with Gasteiger partial charge in [0.2, 0.25) is 5.91 Å². The fourth-order valence-corrected chi connectivity index (χ4v) is 3.87. The lowest BCUT2D eigenvalue weighted by atomic mass is 10.2. The lowest BCUT2D eigenvalue weighted by Gasteiger charge is -2.14. The van der Waals surface area contributed by atoms with Crippen molar-refractivity contribution in [1.29, 1.82) is 0 Å². The number of rotatable bonds is 9.